The van der Waals surface area contributed by atoms with Crippen molar-refractivity contribution in [3.05, 3.63) is 72.7 Å². The summed E-state index contributed by atoms with van der Waals surface area (Å²) in [6.07, 6.45) is 0.562. The lowest BCUT2D eigenvalue weighted by Crippen LogP contribution is -2.25. The largest absolute Gasteiger partial charge is 0.441 e. The van der Waals surface area contributed by atoms with Gasteiger partial charge in [0.25, 0.3) is 0 Å². The van der Waals surface area contributed by atoms with Gasteiger partial charge in [-0.15, -0.1) is 0 Å². The molecule has 0 saturated carbocycles. The number of amides is 1. The van der Waals surface area contributed by atoms with Crippen LogP contribution in [0.5, 0.6) is 0 Å². The van der Waals surface area contributed by atoms with Crippen LogP contribution in [0.2, 0.25) is 0 Å². The van der Waals surface area contributed by atoms with E-state index in [1.165, 1.54) is 11.0 Å². The highest BCUT2D eigenvalue weighted by Gasteiger charge is 2.32. The first-order valence-corrected chi connectivity index (χ1v) is 8.56. The lowest BCUT2D eigenvalue weighted by molar-refractivity contribution is 0.0963. The minimum atomic E-state index is -0.584. The molecule has 1 aliphatic rings. The number of hydrogen-bond donors (Lipinski definition) is 1. The Bertz CT molecular complexity index is 961. The van der Waals surface area contributed by atoms with Crippen molar-refractivity contribution in [3.63, 3.8) is 0 Å². The number of rotatable bonds is 4. The van der Waals surface area contributed by atoms with Crippen molar-refractivity contribution in [3.8, 4) is 22.4 Å². The molecule has 0 bridgehead atoms. The van der Waals surface area contributed by atoms with E-state index in [0.717, 1.165) is 16.8 Å². The summed E-state index contributed by atoms with van der Waals surface area (Å²) in [5, 5.41) is 9.12. The summed E-state index contributed by atoms with van der Waals surface area (Å²) in [6, 6.07) is 17.8. The normalized spacial score (nSPS) is 16.4. The van der Waals surface area contributed by atoms with Crippen LogP contribution in [0.3, 0.4) is 0 Å². The predicted octanol–water partition coefficient (Wildman–Crippen LogP) is 3.87. The van der Waals surface area contributed by atoms with Crippen molar-refractivity contribution in [1.29, 1.82) is 0 Å². The van der Waals surface area contributed by atoms with Crippen molar-refractivity contribution in [2.45, 2.75) is 6.10 Å². The molecule has 1 atom stereocenters. The number of carbonyl (C=O) groups is 1. The number of halogens is 1. The molecule has 3 aromatic rings. The maximum absolute atomic E-state index is 14.7. The molecule has 0 radical (unpaired) electrons. The van der Waals surface area contributed by atoms with Crippen molar-refractivity contribution in [2.75, 3.05) is 18.1 Å². The molecule has 2 heterocycles. The number of cyclic esters (lactones) is 1. The molecule has 1 N–H and O–H groups in total. The second-order valence-corrected chi connectivity index (χ2v) is 6.26. The first-order chi connectivity index (χ1) is 13.2. The van der Waals surface area contributed by atoms with E-state index in [-0.39, 0.29) is 13.2 Å². The Morgan fingerprint density at radius 3 is 2.52 bits per heavy atom. The number of ether oxygens (including phenoxy) is 1. The van der Waals surface area contributed by atoms with Crippen LogP contribution in [-0.4, -0.2) is 35.4 Å². The zero-order valence-electron chi connectivity index (χ0n) is 14.4. The van der Waals surface area contributed by atoms with Gasteiger partial charge < -0.3 is 9.84 Å². The number of hydrogen-bond acceptors (Lipinski definition) is 4. The maximum atomic E-state index is 14.7. The topological polar surface area (TPSA) is 62.7 Å². The van der Waals surface area contributed by atoms with E-state index in [2.05, 4.69) is 4.98 Å². The fourth-order valence-corrected chi connectivity index (χ4v) is 3.09. The molecule has 1 aromatic heterocycles. The van der Waals surface area contributed by atoms with Crippen LogP contribution >= 0.6 is 0 Å². The minimum Gasteiger partial charge on any atom is -0.441 e. The minimum absolute atomic E-state index is 0.201. The van der Waals surface area contributed by atoms with Crippen LogP contribution in [0.15, 0.2) is 66.9 Å². The van der Waals surface area contributed by atoms with Gasteiger partial charge in [-0.1, -0.05) is 30.3 Å². The van der Waals surface area contributed by atoms with E-state index in [0.29, 0.717) is 11.3 Å². The molecular formula is C21H17FN2O3. The first-order valence-electron chi connectivity index (χ1n) is 8.56. The van der Waals surface area contributed by atoms with Gasteiger partial charge in [0.2, 0.25) is 0 Å². The average Bonchev–Trinajstić information content (AvgIpc) is 3.10. The lowest BCUT2D eigenvalue weighted by atomic mass is 10.0. The Hall–Kier alpha value is -3.25. The van der Waals surface area contributed by atoms with Gasteiger partial charge in [0, 0.05) is 17.3 Å². The number of pyridine rings is 1. The van der Waals surface area contributed by atoms with Crippen molar-refractivity contribution >= 4 is 11.8 Å². The Kier molecular flexibility index (Phi) is 4.56. The number of aromatic nitrogens is 1. The summed E-state index contributed by atoms with van der Waals surface area (Å²) in [6.45, 7) is -0.0572. The van der Waals surface area contributed by atoms with Crippen molar-refractivity contribution in [1.82, 2.24) is 4.98 Å². The fourth-order valence-electron chi connectivity index (χ4n) is 3.09. The number of nitrogens with zero attached hydrogens (tertiary/aromatic N) is 2. The zero-order chi connectivity index (χ0) is 18.8. The van der Waals surface area contributed by atoms with Crippen LogP contribution < -0.4 is 4.90 Å². The van der Waals surface area contributed by atoms with Crippen molar-refractivity contribution in [2.24, 2.45) is 0 Å². The molecule has 136 valence electrons. The SMILES string of the molecule is O=C1O[C@@H](CO)CN1c1ccc(-c2ccc(-c3ccccn3)cc2)c(F)c1. The number of carbonyl (C=O) groups excluding carboxylic acids is 1. The molecule has 0 aliphatic carbocycles. The Balaban J connectivity index is 1.59. The van der Waals surface area contributed by atoms with E-state index in [1.807, 2.05) is 42.5 Å². The molecule has 1 aliphatic heterocycles. The predicted molar refractivity (Wildman–Crippen MR) is 99.8 cm³/mol. The third-order valence-corrected chi connectivity index (χ3v) is 4.50. The number of aliphatic hydroxyl groups excluding tert-OH is 1. The maximum Gasteiger partial charge on any atom is 0.414 e. The summed E-state index contributed by atoms with van der Waals surface area (Å²) in [7, 11) is 0. The van der Waals surface area contributed by atoms with Gasteiger partial charge in [-0.05, 0) is 35.9 Å². The second-order valence-electron chi connectivity index (χ2n) is 6.26. The van der Waals surface area contributed by atoms with Crippen molar-refractivity contribution < 1.29 is 19.0 Å². The summed E-state index contributed by atoms with van der Waals surface area (Å²) < 4.78 is 19.7. The van der Waals surface area contributed by atoms with E-state index >= 15 is 0 Å². The molecule has 27 heavy (non-hydrogen) atoms. The number of aliphatic hydroxyl groups is 1. The monoisotopic (exact) mass is 364 g/mol. The van der Waals surface area contributed by atoms with Gasteiger partial charge >= 0.3 is 6.09 Å². The van der Waals surface area contributed by atoms with Crippen LogP contribution in [0, 0.1) is 5.82 Å². The van der Waals surface area contributed by atoms with Gasteiger partial charge in [0.1, 0.15) is 11.9 Å². The molecule has 1 fully saturated rings. The highest BCUT2D eigenvalue weighted by molar-refractivity contribution is 5.90. The average molecular weight is 364 g/mol. The first kappa shape index (κ1) is 17.2. The second kappa shape index (κ2) is 7.17. The van der Waals surface area contributed by atoms with E-state index in [1.54, 1.807) is 18.3 Å². The molecule has 6 heteroatoms. The van der Waals surface area contributed by atoms with Gasteiger partial charge in [0.15, 0.2) is 0 Å². The van der Waals surface area contributed by atoms with E-state index < -0.39 is 18.0 Å². The molecule has 2 aromatic carbocycles. The highest BCUT2D eigenvalue weighted by atomic mass is 19.1. The summed E-state index contributed by atoms with van der Waals surface area (Å²) in [5.74, 6) is -0.432. The molecule has 1 amide bonds. The Morgan fingerprint density at radius 2 is 1.89 bits per heavy atom. The summed E-state index contributed by atoms with van der Waals surface area (Å²) in [4.78, 5) is 17.5. The Morgan fingerprint density at radius 1 is 1.11 bits per heavy atom. The molecule has 0 spiro atoms. The van der Waals surface area contributed by atoms with Gasteiger partial charge in [-0.2, -0.15) is 0 Å². The summed E-state index contributed by atoms with van der Waals surface area (Å²) >= 11 is 0. The Labute approximate surface area is 155 Å². The molecule has 4 rings (SSSR count). The van der Waals surface area contributed by atoms with Crippen LogP contribution in [0.4, 0.5) is 14.9 Å². The highest BCUT2D eigenvalue weighted by Crippen LogP contribution is 2.30. The summed E-state index contributed by atoms with van der Waals surface area (Å²) in [5.41, 5.74) is 3.38. The van der Waals surface area contributed by atoms with Gasteiger partial charge in [-0.25, -0.2) is 9.18 Å². The van der Waals surface area contributed by atoms with E-state index in [4.69, 9.17) is 9.84 Å². The van der Waals surface area contributed by atoms with Gasteiger partial charge in [0.05, 0.1) is 24.5 Å². The third kappa shape index (κ3) is 3.39. The zero-order valence-corrected chi connectivity index (χ0v) is 14.4. The van der Waals surface area contributed by atoms with E-state index in [9.17, 15) is 9.18 Å². The number of anilines is 1. The molecule has 1 saturated heterocycles. The van der Waals surface area contributed by atoms with Crippen LogP contribution in [0.1, 0.15) is 0 Å². The fraction of sp³-hybridized carbons (Fsp3) is 0.143. The smallest absolute Gasteiger partial charge is 0.414 e. The quantitative estimate of drug-likeness (QED) is 0.763. The van der Waals surface area contributed by atoms with Crippen LogP contribution in [-0.2, 0) is 4.74 Å². The standard InChI is InChI=1S/C21H17FN2O3/c22-19-11-16(24-12-17(13-25)27-21(24)26)8-9-18(19)14-4-6-15(7-5-14)20-3-1-2-10-23-20/h1-11,17,25H,12-13H2/t17-/m1/s1. The molecule has 5 nitrogen and oxygen atoms in total. The third-order valence-electron chi connectivity index (χ3n) is 4.50. The number of benzene rings is 2. The molecular weight excluding hydrogens is 347 g/mol. The molecule has 0 unspecified atom stereocenters. The van der Waals surface area contributed by atoms with Crippen LogP contribution in [0.25, 0.3) is 22.4 Å². The lowest BCUT2D eigenvalue weighted by Gasteiger charge is -2.14. The van der Waals surface area contributed by atoms with Gasteiger partial charge in [-0.3, -0.25) is 9.88 Å².